The maximum absolute atomic E-state index is 5.65. The third-order valence-electron chi connectivity index (χ3n) is 2.41. The second-order valence-corrected chi connectivity index (χ2v) is 4.36. The Bertz CT molecular complexity index is 402. The lowest BCUT2D eigenvalue weighted by molar-refractivity contribution is 0.0897. The Kier molecular flexibility index (Phi) is 3.01. The first kappa shape index (κ1) is 11.5. The van der Waals surface area contributed by atoms with E-state index < -0.39 is 0 Å². The highest BCUT2D eigenvalue weighted by atomic mass is 16.5. The molecular weight excluding hydrogens is 220 g/mol. The molecule has 0 fully saturated rings. The molecule has 7 nitrogen and oxygen atoms in total. The molecule has 0 aromatic carbocycles. The summed E-state index contributed by atoms with van der Waals surface area (Å²) in [6.07, 6.45) is 3.28. The number of anilines is 1. The lowest BCUT2D eigenvalue weighted by atomic mass is 10.1. The highest BCUT2D eigenvalue weighted by molar-refractivity contribution is 5.56. The number of hydrogen-bond donors (Lipinski definition) is 3. The predicted molar refractivity (Wildman–Crippen MR) is 64.8 cm³/mol. The van der Waals surface area contributed by atoms with Gasteiger partial charge in [-0.15, -0.1) is 5.53 Å². The fourth-order valence-corrected chi connectivity index (χ4v) is 1.31. The van der Waals surface area contributed by atoms with E-state index in [2.05, 4.69) is 21.2 Å². The van der Waals surface area contributed by atoms with Gasteiger partial charge in [0.1, 0.15) is 24.5 Å². The van der Waals surface area contributed by atoms with Crippen molar-refractivity contribution in [2.75, 3.05) is 12.3 Å². The van der Waals surface area contributed by atoms with Crippen LogP contribution in [0.4, 0.5) is 5.82 Å². The summed E-state index contributed by atoms with van der Waals surface area (Å²) in [5.41, 5.74) is 10.8. The Morgan fingerprint density at radius 3 is 2.88 bits per heavy atom. The maximum atomic E-state index is 5.65. The van der Waals surface area contributed by atoms with Crippen LogP contribution in [-0.2, 0) is 0 Å². The molecule has 1 aromatic rings. The van der Waals surface area contributed by atoms with Crippen LogP contribution in [0, 0.1) is 0 Å². The molecule has 0 atom stereocenters. The van der Waals surface area contributed by atoms with E-state index in [4.69, 9.17) is 10.5 Å². The molecule has 7 heteroatoms. The molecule has 0 amide bonds. The zero-order valence-electron chi connectivity index (χ0n) is 9.84. The van der Waals surface area contributed by atoms with E-state index in [1.54, 1.807) is 24.7 Å². The Morgan fingerprint density at radius 2 is 2.29 bits per heavy atom. The van der Waals surface area contributed by atoms with Gasteiger partial charge in [0.15, 0.2) is 0 Å². The molecule has 0 saturated heterocycles. The Hall–Kier alpha value is -2.02. The highest BCUT2D eigenvalue weighted by Gasteiger charge is 2.27. The topological polar surface area (TPSA) is 87.8 Å². The van der Waals surface area contributed by atoms with Crippen molar-refractivity contribution in [3.05, 3.63) is 18.3 Å². The minimum absolute atomic E-state index is 0.242. The number of aromatic nitrogens is 1. The van der Waals surface area contributed by atoms with Gasteiger partial charge in [-0.1, -0.05) is 0 Å². The van der Waals surface area contributed by atoms with E-state index >= 15 is 0 Å². The van der Waals surface area contributed by atoms with Crippen LogP contribution < -0.4 is 21.5 Å². The standard InChI is InChI=1S/C10H16N6O/c1-10(2,16-7-13-14-15-16)6-17-8-3-4-9(11)12-5-8/h3-5,7,14-15H,6H2,1-2H3,(H2,11,12). The SMILES string of the molecule is CC(C)(COc1ccc(N)nc1)N1C=NNN1. The zero-order valence-corrected chi connectivity index (χ0v) is 9.84. The van der Waals surface area contributed by atoms with Crippen LogP contribution >= 0.6 is 0 Å². The summed E-state index contributed by atoms with van der Waals surface area (Å²) in [5, 5.41) is 5.68. The number of hydrazine groups is 2. The summed E-state index contributed by atoms with van der Waals surface area (Å²) in [6.45, 7) is 4.55. The van der Waals surface area contributed by atoms with Gasteiger partial charge in [-0.05, 0) is 26.0 Å². The largest absolute Gasteiger partial charge is 0.489 e. The number of nitrogen functional groups attached to an aromatic ring is 1. The van der Waals surface area contributed by atoms with E-state index in [1.165, 1.54) is 0 Å². The first-order valence-electron chi connectivity index (χ1n) is 5.25. The molecule has 0 saturated carbocycles. The second kappa shape index (κ2) is 4.46. The Balaban J connectivity index is 1.92. The molecule has 0 spiro atoms. The summed E-state index contributed by atoms with van der Waals surface area (Å²) < 4.78 is 5.65. The Labute approximate surface area is 99.6 Å². The lowest BCUT2D eigenvalue weighted by Gasteiger charge is -2.33. The third kappa shape index (κ3) is 2.76. The number of hydrogen-bond acceptors (Lipinski definition) is 7. The number of pyridine rings is 1. The van der Waals surface area contributed by atoms with E-state index in [9.17, 15) is 0 Å². The summed E-state index contributed by atoms with van der Waals surface area (Å²) in [4.78, 5) is 3.96. The van der Waals surface area contributed by atoms with Crippen molar-refractivity contribution >= 4 is 12.2 Å². The molecule has 1 aliphatic heterocycles. The van der Waals surface area contributed by atoms with Crippen molar-refractivity contribution in [2.45, 2.75) is 19.4 Å². The van der Waals surface area contributed by atoms with Crippen LogP contribution in [0.5, 0.6) is 5.75 Å². The minimum atomic E-state index is -0.242. The first-order chi connectivity index (χ1) is 8.08. The van der Waals surface area contributed by atoms with E-state index in [1.807, 2.05) is 18.9 Å². The predicted octanol–water partition coefficient (Wildman–Crippen LogP) is 0.0893. The van der Waals surface area contributed by atoms with Gasteiger partial charge in [-0.25, -0.2) is 10.5 Å². The molecule has 4 N–H and O–H groups in total. The summed E-state index contributed by atoms with van der Waals surface area (Å²) in [7, 11) is 0. The van der Waals surface area contributed by atoms with Crippen LogP contribution in [0.15, 0.2) is 23.4 Å². The zero-order chi connectivity index (χ0) is 12.3. The molecule has 92 valence electrons. The molecule has 0 aliphatic carbocycles. The molecule has 0 unspecified atom stereocenters. The molecular formula is C10H16N6O. The number of ether oxygens (including phenoxy) is 1. The van der Waals surface area contributed by atoms with Crippen molar-refractivity contribution in [1.82, 2.24) is 21.1 Å². The fraction of sp³-hybridized carbons (Fsp3) is 0.400. The quantitative estimate of drug-likeness (QED) is 0.686. The fourth-order valence-electron chi connectivity index (χ4n) is 1.31. The molecule has 1 aliphatic rings. The van der Waals surface area contributed by atoms with Crippen LogP contribution in [0.2, 0.25) is 0 Å². The van der Waals surface area contributed by atoms with Crippen molar-refractivity contribution in [3.8, 4) is 5.75 Å². The van der Waals surface area contributed by atoms with Gasteiger partial charge in [-0.2, -0.15) is 5.10 Å². The van der Waals surface area contributed by atoms with Gasteiger partial charge < -0.3 is 10.5 Å². The number of hydrazone groups is 1. The van der Waals surface area contributed by atoms with Gasteiger partial charge in [0.25, 0.3) is 0 Å². The van der Waals surface area contributed by atoms with Crippen molar-refractivity contribution in [3.63, 3.8) is 0 Å². The van der Waals surface area contributed by atoms with Crippen LogP contribution in [0.3, 0.4) is 0 Å². The van der Waals surface area contributed by atoms with E-state index in [-0.39, 0.29) is 5.54 Å². The summed E-state index contributed by atoms with van der Waals surface area (Å²) >= 11 is 0. The summed E-state index contributed by atoms with van der Waals surface area (Å²) in [6, 6.07) is 3.50. The maximum Gasteiger partial charge on any atom is 0.137 e. The van der Waals surface area contributed by atoms with Crippen molar-refractivity contribution in [1.29, 1.82) is 0 Å². The van der Waals surface area contributed by atoms with Crippen molar-refractivity contribution < 1.29 is 4.74 Å². The monoisotopic (exact) mass is 236 g/mol. The molecule has 0 bridgehead atoms. The number of nitrogens with zero attached hydrogens (tertiary/aromatic N) is 3. The number of nitrogens with two attached hydrogens (primary N) is 1. The van der Waals surface area contributed by atoms with Crippen molar-refractivity contribution in [2.24, 2.45) is 5.10 Å². The smallest absolute Gasteiger partial charge is 0.137 e. The molecule has 2 rings (SSSR count). The van der Waals surface area contributed by atoms with Crippen LogP contribution in [-0.4, -0.2) is 28.5 Å². The normalized spacial score (nSPS) is 14.8. The highest BCUT2D eigenvalue weighted by Crippen LogP contribution is 2.16. The van der Waals surface area contributed by atoms with Crippen LogP contribution in [0.25, 0.3) is 0 Å². The van der Waals surface area contributed by atoms with Gasteiger partial charge in [0.05, 0.1) is 11.7 Å². The van der Waals surface area contributed by atoms with E-state index in [0.717, 1.165) is 0 Å². The average molecular weight is 236 g/mol. The van der Waals surface area contributed by atoms with Gasteiger partial charge in [0.2, 0.25) is 0 Å². The molecule has 17 heavy (non-hydrogen) atoms. The third-order valence-corrected chi connectivity index (χ3v) is 2.41. The van der Waals surface area contributed by atoms with E-state index in [0.29, 0.717) is 18.2 Å². The first-order valence-corrected chi connectivity index (χ1v) is 5.25. The average Bonchev–Trinajstić information content (AvgIpc) is 2.82. The van der Waals surface area contributed by atoms with Gasteiger partial charge in [0, 0.05) is 0 Å². The van der Waals surface area contributed by atoms with Gasteiger partial charge >= 0.3 is 0 Å². The summed E-state index contributed by atoms with van der Waals surface area (Å²) in [5.74, 6) is 1.17. The molecule has 0 radical (unpaired) electrons. The number of nitrogens with one attached hydrogen (secondary N) is 2. The van der Waals surface area contributed by atoms with Crippen LogP contribution in [0.1, 0.15) is 13.8 Å². The Morgan fingerprint density at radius 1 is 1.47 bits per heavy atom. The van der Waals surface area contributed by atoms with Gasteiger partial charge in [-0.3, -0.25) is 5.01 Å². The second-order valence-electron chi connectivity index (χ2n) is 4.36. The molecule has 1 aromatic heterocycles. The molecule has 2 heterocycles. The lowest BCUT2D eigenvalue weighted by Crippen LogP contribution is -2.54. The number of rotatable bonds is 4. The minimum Gasteiger partial charge on any atom is -0.489 e.